The fourth-order valence-corrected chi connectivity index (χ4v) is 2.57. The van der Waals surface area contributed by atoms with Gasteiger partial charge in [-0.05, 0) is 43.0 Å². The monoisotopic (exact) mass is 385 g/mol. The largest absolute Gasteiger partial charge is 0.416 e. The predicted octanol–water partition coefficient (Wildman–Crippen LogP) is 4.40. The summed E-state index contributed by atoms with van der Waals surface area (Å²) in [4.78, 5) is 23.2. The first-order chi connectivity index (χ1) is 12.1. The van der Waals surface area contributed by atoms with Gasteiger partial charge in [-0.2, -0.15) is 13.2 Å². The molecule has 10 heteroatoms. The quantitative estimate of drug-likeness (QED) is 0.453. The zero-order valence-corrected chi connectivity index (χ0v) is 14.5. The van der Waals surface area contributed by atoms with E-state index in [0.29, 0.717) is 23.3 Å². The lowest BCUT2D eigenvalue weighted by atomic mass is 10.1. The molecule has 138 valence electrons. The van der Waals surface area contributed by atoms with Gasteiger partial charge in [0.15, 0.2) is 0 Å². The second-order valence-electron chi connectivity index (χ2n) is 5.25. The van der Waals surface area contributed by atoms with E-state index in [1.54, 1.807) is 19.1 Å². The van der Waals surface area contributed by atoms with Gasteiger partial charge in [-0.15, -0.1) is 11.8 Å². The molecule has 0 radical (unpaired) electrons. The summed E-state index contributed by atoms with van der Waals surface area (Å²) < 4.78 is 38.1. The Bertz CT molecular complexity index is 856. The molecule has 2 rings (SSSR count). The van der Waals surface area contributed by atoms with Crippen molar-refractivity contribution in [1.29, 1.82) is 0 Å². The van der Waals surface area contributed by atoms with Gasteiger partial charge in [-0.1, -0.05) is 6.07 Å². The van der Waals surface area contributed by atoms with E-state index in [4.69, 9.17) is 0 Å². The predicted molar refractivity (Wildman–Crippen MR) is 92.1 cm³/mol. The highest BCUT2D eigenvalue weighted by molar-refractivity contribution is 7.98. The molecule has 0 heterocycles. The summed E-state index contributed by atoms with van der Waals surface area (Å²) in [5.74, 6) is -0.562. The van der Waals surface area contributed by atoms with E-state index < -0.39 is 28.3 Å². The Morgan fingerprint density at radius 1 is 1.19 bits per heavy atom. The van der Waals surface area contributed by atoms with Crippen LogP contribution in [0, 0.1) is 17.0 Å². The lowest BCUT2D eigenvalue weighted by Gasteiger charge is -2.13. The first-order valence-electron chi connectivity index (χ1n) is 7.20. The zero-order valence-electron chi connectivity index (χ0n) is 13.7. The van der Waals surface area contributed by atoms with Crippen LogP contribution in [0.15, 0.2) is 41.3 Å². The van der Waals surface area contributed by atoms with Crippen LogP contribution in [0.4, 0.5) is 24.5 Å². The highest BCUT2D eigenvalue weighted by Gasteiger charge is 2.33. The standard InChI is InChI=1S/C16H14F3N3O3S/c1-9-3-5-11(26-2)8-12(9)15(23)21-20-13-6-4-10(16(17,18)19)7-14(13)22(24)25/h3-8,20H,1-2H3,(H,21,23). The molecular formula is C16H14F3N3O3S. The average molecular weight is 385 g/mol. The first kappa shape index (κ1) is 19.6. The molecule has 26 heavy (non-hydrogen) atoms. The van der Waals surface area contributed by atoms with E-state index >= 15 is 0 Å². The lowest BCUT2D eigenvalue weighted by Crippen LogP contribution is -2.30. The molecule has 1 amide bonds. The van der Waals surface area contributed by atoms with Crippen molar-refractivity contribution in [3.63, 3.8) is 0 Å². The molecule has 0 atom stereocenters. The molecule has 0 aliphatic carbocycles. The summed E-state index contributed by atoms with van der Waals surface area (Å²) in [6.45, 7) is 1.72. The number of nitro benzene ring substituents is 1. The van der Waals surface area contributed by atoms with Gasteiger partial charge in [0, 0.05) is 16.5 Å². The molecule has 0 spiro atoms. The molecule has 2 aromatic rings. The number of rotatable bonds is 5. The van der Waals surface area contributed by atoms with Crippen LogP contribution in [0.2, 0.25) is 0 Å². The van der Waals surface area contributed by atoms with E-state index in [2.05, 4.69) is 10.9 Å². The number of thioether (sulfide) groups is 1. The number of amides is 1. The van der Waals surface area contributed by atoms with E-state index in [1.165, 1.54) is 11.8 Å². The SMILES string of the molecule is CSc1ccc(C)c(C(=O)NNc2ccc(C(F)(F)F)cc2[N+](=O)[O-])c1. The molecule has 0 bridgehead atoms. The molecule has 0 aliphatic heterocycles. The summed E-state index contributed by atoms with van der Waals surface area (Å²) >= 11 is 1.44. The number of hydrogen-bond donors (Lipinski definition) is 2. The number of nitrogens with one attached hydrogen (secondary N) is 2. The van der Waals surface area contributed by atoms with Crippen LogP contribution in [0.3, 0.4) is 0 Å². The van der Waals surface area contributed by atoms with Crippen LogP contribution in [0.1, 0.15) is 21.5 Å². The van der Waals surface area contributed by atoms with Gasteiger partial charge in [0.1, 0.15) is 5.69 Å². The van der Waals surface area contributed by atoms with E-state index in [9.17, 15) is 28.1 Å². The normalized spacial score (nSPS) is 11.1. The van der Waals surface area contributed by atoms with Crippen molar-refractivity contribution in [2.45, 2.75) is 18.0 Å². The van der Waals surface area contributed by atoms with Crippen molar-refractivity contribution in [3.8, 4) is 0 Å². The third-order valence-electron chi connectivity index (χ3n) is 3.52. The van der Waals surface area contributed by atoms with Crippen LogP contribution in [-0.2, 0) is 6.18 Å². The van der Waals surface area contributed by atoms with Gasteiger partial charge in [-0.3, -0.25) is 25.8 Å². The van der Waals surface area contributed by atoms with Crippen molar-refractivity contribution in [2.75, 3.05) is 11.7 Å². The Balaban J connectivity index is 2.24. The summed E-state index contributed by atoms with van der Waals surface area (Å²) in [7, 11) is 0. The Labute approximate surface area is 150 Å². The minimum atomic E-state index is -4.71. The van der Waals surface area contributed by atoms with Crippen LogP contribution >= 0.6 is 11.8 Å². The number of nitro groups is 1. The van der Waals surface area contributed by atoms with Crippen LogP contribution < -0.4 is 10.9 Å². The van der Waals surface area contributed by atoms with E-state index in [1.807, 2.05) is 12.3 Å². The van der Waals surface area contributed by atoms with Crippen molar-refractivity contribution in [3.05, 3.63) is 63.2 Å². The Hall–Kier alpha value is -2.75. The number of halogens is 3. The summed E-state index contributed by atoms with van der Waals surface area (Å²) in [5, 5.41) is 11.0. The number of carbonyl (C=O) groups is 1. The smallest absolute Gasteiger partial charge is 0.292 e. The molecule has 0 fully saturated rings. The van der Waals surface area contributed by atoms with Gasteiger partial charge in [0.05, 0.1) is 10.5 Å². The van der Waals surface area contributed by atoms with Crippen molar-refractivity contribution < 1.29 is 22.9 Å². The molecule has 0 unspecified atom stereocenters. The molecule has 0 aliphatic rings. The molecule has 0 aromatic heterocycles. The highest BCUT2D eigenvalue weighted by Crippen LogP contribution is 2.34. The van der Waals surface area contributed by atoms with Crippen LogP contribution in [-0.4, -0.2) is 17.1 Å². The minimum absolute atomic E-state index is 0.255. The number of nitrogens with zero attached hydrogens (tertiary/aromatic N) is 1. The maximum Gasteiger partial charge on any atom is 0.416 e. The number of anilines is 1. The number of benzene rings is 2. The topological polar surface area (TPSA) is 84.3 Å². The number of hydrogen-bond acceptors (Lipinski definition) is 5. The average Bonchev–Trinajstić information content (AvgIpc) is 2.59. The molecule has 2 N–H and O–H groups in total. The van der Waals surface area contributed by atoms with Crippen LogP contribution in [0.25, 0.3) is 0 Å². The number of carbonyl (C=O) groups excluding carboxylic acids is 1. The summed E-state index contributed by atoms with van der Waals surface area (Å²) in [6, 6.07) is 7.24. The van der Waals surface area contributed by atoms with Gasteiger partial charge in [0.2, 0.25) is 0 Å². The lowest BCUT2D eigenvalue weighted by molar-refractivity contribution is -0.384. The number of alkyl halides is 3. The van der Waals surface area contributed by atoms with Crippen molar-refractivity contribution >= 4 is 29.0 Å². The molecule has 6 nitrogen and oxygen atoms in total. The van der Waals surface area contributed by atoms with Gasteiger partial charge >= 0.3 is 6.18 Å². The Kier molecular flexibility index (Phi) is 5.76. The first-order valence-corrected chi connectivity index (χ1v) is 8.42. The maximum absolute atomic E-state index is 12.7. The third kappa shape index (κ3) is 4.45. The minimum Gasteiger partial charge on any atom is -0.292 e. The van der Waals surface area contributed by atoms with Gasteiger partial charge in [0.25, 0.3) is 11.6 Å². The van der Waals surface area contributed by atoms with Crippen LogP contribution in [0.5, 0.6) is 0 Å². The maximum atomic E-state index is 12.7. The van der Waals surface area contributed by atoms with Gasteiger partial charge < -0.3 is 0 Å². The molecular weight excluding hydrogens is 371 g/mol. The zero-order chi connectivity index (χ0) is 19.5. The molecule has 2 aromatic carbocycles. The second-order valence-corrected chi connectivity index (χ2v) is 6.13. The van der Waals surface area contributed by atoms with E-state index in [0.717, 1.165) is 11.0 Å². The van der Waals surface area contributed by atoms with Gasteiger partial charge in [-0.25, -0.2) is 0 Å². The molecule has 0 saturated heterocycles. The van der Waals surface area contributed by atoms with E-state index in [-0.39, 0.29) is 5.69 Å². The Morgan fingerprint density at radius 2 is 1.88 bits per heavy atom. The number of aryl methyl sites for hydroxylation is 1. The molecule has 0 saturated carbocycles. The fourth-order valence-electron chi connectivity index (χ4n) is 2.13. The van der Waals surface area contributed by atoms with Crippen molar-refractivity contribution in [2.24, 2.45) is 0 Å². The fraction of sp³-hybridized carbons (Fsp3) is 0.188. The Morgan fingerprint density at radius 3 is 2.46 bits per heavy atom. The van der Waals surface area contributed by atoms with Crippen molar-refractivity contribution in [1.82, 2.24) is 5.43 Å². The highest BCUT2D eigenvalue weighted by atomic mass is 32.2. The summed E-state index contributed by atoms with van der Waals surface area (Å²) in [6.07, 6.45) is -2.86. The summed E-state index contributed by atoms with van der Waals surface area (Å²) in [5.41, 5.74) is 3.43. The second kappa shape index (κ2) is 7.65. The number of hydrazine groups is 1. The third-order valence-corrected chi connectivity index (χ3v) is 4.25.